The van der Waals surface area contributed by atoms with Crippen molar-refractivity contribution < 1.29 is 14.3 Å². The Morgan fingerprint density at radius 2 is 1.83 bits per heavy atom. The van der Waals surface area contributed by atoms with Crippen LogP contribution in [0.15, 0.2) is 54.6 Å². The van der Waals surface area contributed by atoms with E-state index in [1.807, 2.05) is 54.6 Å². The molecule has 3 rings (SSSR count). The lowest BCUT2D eigenvalue weighted by Crippen LogP contribution is -2.45. The van der Waals surface area contributed by atoms with Crippen molar-refractivity contribution in [3.8, 4) is 0 Å². The fourth-order valence-electron chi connectivity index (χ4n) is 3.05. The quantitative estimate of drug-likeness (QED) is 0.816. The number of hydrogen-bond acceptors (Lipinski definition) is 3. The van der Waals surface area contributed by atoms with Gasteiger partial charge in [0, 0.05) is 11.6 Å². The number of fused-ring (bicyclic) bond motifs is 1. The van der Waals surface area contributed by atoms with Crippen molar-refractivity contribution in [1.82, 2.24) is 0 Å². The summed E-state index contributed by atoms with van der Waals surface area (Å²) in [4.78, 5) is 26.1. The van der Waals surface area contributed by atoms with Crippen LogP contribution in [0.2, 0.25) is 0 Å². The SMILES string of the molecule is COC(=O)CN1C(=O)C(Cc2ccccc2)Cc2ccccc21. The summed E-state index contributed by atoms with van der Waals surface area (Å²) in [5.74, 6) is -0.580. The smallest absolute Gasteiger partial charge is 0.325 e. The lowest BCUT2D eigenvalue weighted by atomic mass is 9.87. The highest BCUT2D eigenvalue weighted by molar-refractivity contribution is 6.01. The van der Waals surface area contributed by atoms with E-state index in [4.69, 9.17) is 4.74 Å². The third-order valence-corrected chi connectivity index (χ3v) is 4.20. The summed E-state index contributed by atoms with van der Waals surface area (Å²) < 4.78 is 4.74. The van der Waals surface area contributed by atoms with Crippen LogP contribution in [0.1, 0.15) is 11.1 Å². The van der Waals surface area contributed by atoms with Gasteiger partial charge < -0.3 is 9.64 Å². The molecule has 0 N–H and O–H groups in total. The van der Waals surface area contributed by atoms with Crippen LogP contribution in [0.3, 0.4) is 0 Å². The molecular weight excluding hydrogens is 290 g/mol. The molecule has 0 aliphatic carbocycles. The highest BCUT2D eigenvalue weighted by atomic mass is 16.5. The second-order valence-electron chi connectivity index (χ2n) is 5.72. The first-order chi connectivity index (χ1) is 11.2. The number of para-hydroxylation sites is 1. The number of methoxy groups -OCH3 is 1. The predicted octanol–water partition coefficient (Wildman–Crippen LogP) is 2.61. The maximum Gasteiger partial charge on any atom is 0.325 e. The third-order valence-electron chi connectivity index (χ3n) is 4.20. The number of benzene rings is 2. The molecule has 23 heavy (non-hydrogen) atoms. The first-order valence-electron chi connectivity index (χ1n) is 7.69. The Morgan fingerprint density at radius 3 is 2.57 bits per heavy atom. The van der Waals surface area contributed by atoms with Crippen molar-refractivity contribution in [2.45, 2.75) is 12.8 Å². The molecule has 0 aromatic heterocycles. The first kappa shape index (κ1) is 15.3. The normalized spacial score (nSPS) is 16.8. The van der Waals surface area contributed by atoms with Crippen molar-refractivity contribution in [3.05, 3.63) is 65.7 Å². The molecule has 2 aromatic rings. The second-order valence-corrected chi connectivity index (χ2v) is 5.72. The summed E-state index contributed by atoms with van der Waals surface area (Å²) in [7, 11) is 1.34. The van der Waals surface area contributed by atoms with Crippen molar-refractivity contribution in [1.29, 1.82) is 0 Å². The molecule has 1 atom stereocenters. The minimum Gasteiger partial charge on any atom is -0.468 e. The highest BCUT2D eigenvalue weighted by Gasteiger charge is 2.33. The van der Waals surface area contributed by atoms with E-state index in [0.717, 1.165) is 16.8 Å². The largest absolute Gasteiger partial charge is 0.468 e. The number of anilines is 1. The van der Waals surface area contributed by atoms with Crippen LogP contribution in [0.5, 0.6) is 0 Å². The zero-order chi connectivity index (χ0) is 16.2. The van der Waals surface area contributed by atoms with Crippen LogP contribution < -0.4 is 4.90 Å². The maximum absolute atomic E-state index is 12.9. The van der Waals surface area contributed by atoms with Crippen molar-refractivity contribution in [2.24, 2.45) is 5.92 Å². The number of rotatable bonds is 4. The fourth-order valence-corrected chi connectivity index (χ4v) is 3.05. The van der Waals surface area contributed by atoms with Crippen LogP contribution in [-0.4, -0.2) is 25.5 Å². The second kappa shape index (κ2) is 6.65. The Balaban J connectivity index is 1.89. The lowest BCUT2D eigenvalue weighted by molar-refractivity contribution is -0.140. The topological polar surface area (TPSA) is 46.6 Å². The van der Waals surface area contributed by atoms with Gasteiger partial charge >= 0.3 is 5.97 Å². The summed E-state index contributed by atoms with van der Waals surface area (Å²) in [6.45, 7) is -0.0440. The van der Waals surface area contributed by atoms with Crippen LogP contribution >= 0.6 is 0 Å². The highest BCUT2D eigenvalue weighted by Crippen LogP contribution is 2.32. The van der Waals surface area contributed by atoms with Crippen LogP contribution in [0.4, 0.5) is 5.69 Å². The molecule has 1 unspecified atom stereocenters. The van der Waals surface area contributed by atoms with E-state index in [9.17, 15) is 9.59 Å². The minimum absolute atomic E-state index is 0.0158. The molecule has 4 nitrogen and oxygen atoms in total. The monoisotopic (exact) mass is 309 g/mol. The molecule has 1 amide bonds. The first-order valence-corrected chi connectivity index (χ1v) is 7.69. The average molecular weight is 309 g/mol. The molecule has 0 fully saturated rings. The molecule has 1 aliphatic rings. The van der Waals surface area contributed by atoms with E-state index in [1.54, 1.807) is 4.90 Å². The number of hydrogen-bond donors (Lipinski definition) is 0. The van der Waals surface area contributed by atoms with Crippen LogP contribution in [-0.2, 0) is 27.2 Å². The fraction of sp³-hybridized carbons (Fsp3) is 0.263. The van der Waals surface area contributed by atoms with Gasteiger partial charge in [0.05, 0.1) is 7.11 Å². The molecular formula is C19H19NO3. The summed E-state index contributed by atoms with van der Waals surface area (Å²) in [5, 5.41) is 0. The van der Waals surface area contributed by atoms with E-state index >= 15 is 0 Å². The number of ether oxygens (including phenoxy) is 1. The van der Waals surface area contributed by atoms with E-state index in [2.05, 4.69) is 0 Å². The standard InChI is InChI=1S/C19H19NO3/c1-23-18(21)13-20-17-10-6-5-9-15(17)12-16(19(20)22)11-14-7-3-2-4-8-14/h2-10,16H,11-13H2,1H3. The van der Waals surface area contributed by atoms with Gasteiger partial charge in [0.15, 0.2) is 0 Å². The maximum atomic E-state index is 12.9. The molecule has 118 valence electrons. The van der Waals surface area contributed by atoms with E-state index in [0.29, 0.717) is 12.8 Å². The summed E-state index contributed by atoms with van der Waals surface area (Å²) in [6, 6.07) is 17.7. The molecule has 0 saturated carbocycles. The molecule has 0 saturated heterocycles. The molecule has 0 spiro atoms. The van der Waals surface area contributed by atoms with E-state index in [1.165, 1.54) is 7.11 Å². The van der Waals surface area contributed by atoms with Gasteiger partial charge in [-0.1, -0.05) is 48.5 Å². The van der Waals surface area contributed by atoms with E-state index < -0.39 is 5.97 Å². The number of amides is 1. The van der Waals surface area contributed by atoms with Gasteiger partial charge in [-0.3, -0.25) is 9.59 Å². The molecule has 0 radical (unpaired) electrons. The van der Waals surface area contributed by atoms with Gasteiger partial charge in [0.1, 0.15) is 6.54 Å². The number of carbonyl (C=O) groups is 2. The van der Waals surface area contributed by atoms with Gasteiger partial charge in [-0.2, -0.15) is 0 Å². The minimum atomic E-state index is -0.409. The number of esters is 1. The lowest BCUT2D eigenvalue weighted by Gasteiger charge is -2.33. The molecule has 1 aliphatic heterocycles. The number of nitrogens with zero attached hydrogens (tertiary/aromatic N) is 1. The average Bonchev–Trinajstić information content (AvgIpc) is 2.59. The molecule has 0 bridgehead atoms. The molecule has 4 heteroatoms. The Hall–Kier alpha value is -2.62. The van der Waals surface area contributed by atoms with Gasteiger partial charge in [-0.25, -0.2) is 0 Å². The van der Waals surface area contributed by atoms with Crippen LogP contribution in [0.25, 0.3) is 0 Å². The molecule has 1 heterocycles. The van der Waals surface area contributed by atoms with Gasteiger partial charge in [0.2, 0.25) is 5.91 Å². The summed E-state index contributed by atoms with van der Waals surface area (Å²) in [5.41, 5.74) is 3.03. The Morgan fingerprint density at radius 1 is 1.13 bits per heavy atom. The van der Waals surface area contributed by atoms with Gasteiger partial charge in [-0.15, -0.1) is 0 Å². The Labute approximate surface area is 135 Å². The van der Waals surface area contributed by atoms with Gasteiger partial charge in [-0.05, 0) is 30.0 Å². The summed E-state index contributed by atoms with van der Waals surface area (Å²) in [6.07, 6.45) is 1.37. The van der Waals surface area contributed by atoms with Crippen LogP contribution in [0, 0.1) is 5.92 Å². The predicted molar refractivity (Wildman–Crippen MR) is 88.2 cm³/mol. The van der Waals surface area contributed by atoms with Crippen molar-refractivity contribution in [2.75, 3.05) is 18.6 Å². The van der Waals surface area contributed by atoms with E-state index in [-0.39, 0.29) is 18.4 Å². The zero-order valence-electron chi connectivity index (χ0n) is 13.1. The summed E-state index contributed by atoms with van der Waals surface area (Å²) >= 11 is 0. The Kier molecular flexibility index (Phi) is 4.42. The number of carbonyl (C=O) groups excluding carboxylic acids is 2. The third kappa shape index (κ3) is 3.26. The van der Waals surface area contributed by atoms with Gasteiger partial charge in [0.25, 0.3) is 0 Å². The van der Waals surface area contributed by atoms with Crippen molar-refractivity contribution in [3.63, 3.8) is 0 Å². The Bertz CT molecular complexity index is 712. The zero-order valence-corrected chi connectivity index (χ0v) is 13.1. The molecule has 2 aromatic carbocycles. The van der Waals surface area contributed by atoms with Crippen molar-refractivity contribution >= 4 is 17.6 Å².